The van der Waals surface area contributed by atoms with Crippen LogP contribution in [0.25, 0.3) is 44.2 Å². The summed E-state index contributed by atoms with van der Waals surface area (Å²) in [5, 5.41) is 16.7. The predicted molar refractivity (Wildman–Crippen MR) is 257 cm³/mol. The fourth-order valence-electron chi connectivity index (χ4n) is 9.66. The number of aromatic amines is 2. The zero-order chi connectivity index (χ0) is 48.3. The van der Waals surface area contributed by atoms with Crippen molar-refractivity contribution in [2.75, 3.05) is 33.9 Å². The number of alkyl carbamates (subject to hydrolysis) is 1. The highest BCUT2D eigenvalue weighted by atomic mass is 16.5. The van der Waals surface area contributed by atoms with E-state index >= 15 is 0 Å². The molecule has 3 aliphatic rings. The number of imidazole rings is 2. The van der Waals surface area contributed by atoms with Crippen molar-refractivity contribution < 1.29 is 38.5 Å². The second-order valence-electron chi connectivity index (χ2n) is 19.5. The third-order valence-electron chi connectivity index (χ3n) is 13.5. The Hall–Kier alpha value is -6.16. The van der Waals surface area contributed by atoms with E-state index in [0.29, 0.717) is 57.2 Å². The molecule has 0 radical (unpaired) electrons. The number of hydrogen-bond acceptors (Lipinski definition) is 9. The summed E-state index contributed by atoms with van der Waals surface area (Å²) in [6.07, 6.45) is 2.69. The van der Waals surface area contributed by atoms with Gasteiger partial charge in [0.25, 0.3) is 0 Å². The number of methoxy groups -OCH3 is 2. The Labute approximate surface area is 392 Å². The average Bonchev–Trinajstić information content (AvgIpc) is 4.14. The van der Waals surface area contributed by atoms with Crippen LogP contribution in [0.5, 0.6) is 5.75 Å². The van der Waals surface area contributed by atoms with E-state index in [-0.39, 0.29) is 47.6 Å². The Balaban J connectivity index is 0.00000160. The summed E-state index contributed by atoms with van der Waals surface area (Å²) in [6, 6.07) is 12.3. The molecule has 3 aliphatic heterocycles. The molecule has 2 saturated heterocycles. The van der Waals surface area contributed by atoms with Gasteiger partial charge >= 0.3 is 12.2 Å². The lowest BCUT2D eigenvalue weighted by atomic mass is 9.92. The molecule has 8 atom stereocenters. The van der Waals surface area contributed by atoms with Crippen molar-refractivity contribution in [3.05, 3.63) is 65.9 Å². The van der Waals surface area contributed by atoms with E-state index in [9.17, 15) is 24.3 Å². The Morgan fingerprint density at radius 3 is 2.18 bits per heavy atom. The Bertz CT molecular complexity index is 2590. The first-order chi connectivity index (χ1) is 32.0. The van der Waals surface area contributed by atoms with Crippen LogP contribution >= 0.6 is 0 Å². The maximum absolute atomic E-state index is 14.1. The van der Waals surface area contributed by atoms with E-state index in [1.807, 2.05) is 50.9 Å². The monoisotopic (exact) mass is 921 g/mol. The van der Waals surface area contributed by atoms with E-state index in [0.717, 1.165) is 67.8 Å². The molecule has 8 rings (SSSR count). The van der Waals surface area contributed by atoms with E-state index in [2.05, 4.69) is 78.6 Å². The lowest BCUT2D eigenvalue weighted by Gasteiger charge is -2.30. The zero-order valence-electron chi connectivity index (χ0n) is 40.6. The van der Waals surface area contributed by atoms with Crippen molar-refractivity contribution >= 4 is 45.8 Å². The Morgan fingerprint density at radius 2 is 1.52 bits per heavy atom. The highest BCUT2D eigenvalue weighted by Crippen LogP contribution is 2.44. The van der Waals surface area contributed by atoms with Crippen molar-refractivity contribution in [1.29, 1.82) is 0 Å². The molecule has 5 aromatic rings. The molecule has 67 heavy (non-hydrogen) atoms. The number of H-pyrrole nitrogens is 2. The van der Waals surface area contributed by atoms with E-state index < -0.39 is 24.3 Å². The molecule has 4 amide bonds. The number of benzene rings is 3. The lowest BCUT2D eigenvalue weighted by molar-refractivity contribution is -0.136. The maximum Gasteiger partial charge on any atom is 0.407 e. The second-order valence-corrected chi connectivity index (χ2v) is 19.5. The fourth-order valence-corrected chi connectivity index (χ4v) is 9.66. The molecule has 0 aliphatic carbocycles. The summed E-state index contributed by atoms with van der Waals surface area (Å²) in [5.74, 6) is 2.57. The van der Waals surface area contributed by atoms with Crippen molar-refractivity contribution in [2.24, 2.45) is 29.6 Å². The predicted octanol–water partition coefficient (Wildman–Crippen LogP) is 9.23. The van der Waals surface area contributed by atoms with Gasteiger partial charge in [-0.1, -0.05) is 86.4 Å². The standard InChI is InChI=1S/C47H58N8O8.C4H10/c1-8-25(4)39(52-46(58)59)44(56)55-21-27(22-61-6)15-37(55)43-49-34-13-11-28-17-33-31-12-10-29(16-30(31)23-63-38(33)18-32(28)41(34)51-43)35-19-48-42(50-35)36-14-24(3)20-54(36)45(57)40(26(5)9-2)53-47(60)62-7;1-4(2)3/h10-13,16-19,24-27,36-37,39-40,52H,8-9,14-15,20-23H2,1-7H3,(H,48,50)(H,49,51)(H,53,60)(H,58,59);4H,1-3H3/t24-,25+,26+,27-,36-,37-,39?,40-;/m0./s1. The largest absolute Gasteiger partial charge is 0.488 e. The number of fused-ring (bicyclic) bond motifs is 6. The van der Waals surface area contributed by atoms with Crippen LogP contribution < -0.4 is 15.4 Å². The molecule has 2 fully saturated rings. The van der Waals surface area contributed by atoms with Gasteiger partial charge in [0, 0.05) is 37.1 Å². The number of ether oxygens (including phenoxy) is 3. The molecular weight excluding hydrogens is 853 g/mol. The minimum absolute atomic E-state index is 0.0652. The number of rotatable bonds is 13. The normalized spacial score (nSPS) is 20.6. The molecule has 360 valence electrons. The van der Waals surface area contributed by atoms with Gasteiger partial charge in [-0.2, -0.15) is 0 Å². The van der Waals surface area contributed by atoms with Crippen LogP contribution in [-0.4, -0.2) is 105 Å². The van der Waals surface area contributed by atoms with E-state index in [4.69, 9.17) is 24.2 Å². The van der Waals surface area contributed by atoms with Crippen LogP contribution in [0.2, 0.25) is 0 Å². The molecular formula is C51H68N8O8. The number of carbonyl (C=O) groups excluding carboxylic acids is 3. The van der Waals surface area contributed by atoms with Crippen LogP contribution in [0.15, 0.2) is 48.7 Å². The van der Waals surface area contributed by atoms with Gasteiger partial charge in [0.05, 0.1) is 48.7 Å². The minimum atomic E-state index is -1.23. The fraction of sp³-hybridized carbons (Fsp3) is 0.529. The third kappa shape index (κ3) is 10.4. The molecule has 0 bridgehead atoms. The number of aromatic nitrogens is 4. The first-order valence-electron chi connectivity index (χ1n) is 23.8. The topological polar surface area (TPSA) is 204 Å². The average molecular weight is 921 g/mol. The summed E-state index contributed by atoms with van der Waals surface area (Å²) in [6.45, 7) is 18.2. The maximum atomic E-state index is 14.1. The number of amides is 4. The smallest absolute Gasteiger partial charge is 0.407 e. The van der Waals surface area contributed by atoms with Crippen LogP contribution in [-0.2, 0) is 25.7 Å². The van der Waals surface area contributed by atoms with Gasteiger partial charge in [0.2, 0.25) is 11.8 Å². The number of nitrogens with one attached hydrogen (secondary N) is 4. The van der Waals surface area contributed by atoms with Gasteiger partial charge in [0.1, 0.15) is 36.1 Å². The molecule has 16 nitrogen and oxygen atoms in total. The van der Waals surface area contributed by atoms with Gasteiger partial charge in [-0.25, -0.2) is 19.6 Å². The van der Waals surface area contributed by atoms with Gasteiger partial charge in [0.15, 0.2) is 0 Å². The Morgan fingerprint density at radius 1 is 0.851 bits per heavy atom. The van der Waals surface area contributed by atoms with Crippen LogP contribution in [0, 0.1) is 29.6 Å². The van der Waals surface area contributed by atoms with Crippen LogP contribution in [0.4, 0.5) is 9.59 Å². The second kappa shape index (κ2) is 20.8. The van der Waals surface area contributed by atoms with Crippen LogP contribution in [0.1, 0.15) is 110 Å². The quantitative estimate of drug-likeness (QED) is 0.0757. The molecule has 2 aromatic heterocycles. The highest BCUT2D eigenvalue weighted by molar-refractivity contribution is 6.07. The summed E-state index contributed by atoms with van der Waals surface area (Å²) in [4.78, 5) is 72.5. The third-order valence-corrected chi connectivity index (χ3v) is 13.5. The van der Waals surface area contributed by atoms with Crippen molar-refractivity contribution in [2.45, 2.75) is 112 Å². The van der Waals surface area contributed by atoms with Gasteiger partial charge in [-0.15, -0.1) is 0 Å². The number of carbonyl (C=O) groups is 4. The van der Waals surface area contributed by atoms with Crippen LogP contribution in [0.3, 0.4) is 0 Å². The van der Waals surface area contributed by atoms with E-state index in [1.54, 1.807) is 12.0 Å². The van der Waals surface area contributed by atoms with Crippen molar-refractivity contribution in [3.63, 3.8) is 0 Å². The summed E-state index contributed by atoms with van der Waals surface area (Å²) in [7, 11) is 2.94. The first kappa shape index (κ1) is 48.8. The zero-order valence-corrected chi connectivity index (χ0v) is 40.6. The molecule has 0 spiro atoms. The summed E-state index contributed by atoms with van der Waals surface area (Å²) in [5.41, 5.74) is 6.43. The van der Waals surface area contributed by atoms with Gasteiger partial charge in [-0.05, 0) is 82.9 Å². The summed E-state index contributed by atoms with van der Waals surface area (Å²) >= 11 is 0. The minimum Gasteiger partial charge on any atom is -0.488 e. The molecule has 5 heterocycles. The molecule has 3 aromatic carbocycles. The first-order valence-corrected chi connectivity index (χ1v) is 23.8. The van der Waals surface area contributed by atoms with Gasteiger partial charge in [-0.3, -0.25) is 9.59 Å². The molecule has 0 saturated carbocycles. The highest BCUT2D eigenvalue weighted by Gasteiger charge is 2.43. The SMILES string of the molecule is CC(C)C.CC[C@@H](C)C(NC(=O)O)C(=O)N1C[C@@H](COC)C[C@H]1c1nc2c(ccc3cc4c(cc32)OCc2cc(-c3cnc([C@@H]5C[C@H](C)CN5C(=O)[C@@H](NC(=O)OC)[C@H](C)CC)[nH]3)ccc2-4)[nH]1. The molecule has 1 unspecified atom stereocenters. The number of nitrogens with zero attached hydrogens (tertiary/aromatic N) is 4. The van der Waals surface area contributed by atoms with Gasteiger partial charge < -0.3 is 49.7 Å². The molecule has 5 N–H and O–H groups in total. The lowest BCUT2D eigenvalue weighted by Crippen LogP contribution is -2.51. The summed E-state index contributed by atoms with van der Waals surface area (Å²) < 4.78 is 16.8. The number of hydrogen-bond donors (Lipinski definition) is 5. The Kier molecular flexibility index (Phi) is 15.1. The molecule has 16 heteroatoms. The number of carboxylic acid groups (broad SMARTS) is 1. The number of likely N-dealkylation sites (tertiary alicyclic amines) is 2. The van der Waals surface area contributed by atoms with Crippen molar-refractivity contribution in [3.8, 4) is 28.1 Å². The van der Waals surface area contributed by atoms with Crippen molar-refractivity contribution in [1.82, 2.24) is 40.4 Å². The van der Waals surface area contributed by atoms with E-state index in [1.165, 1.54) is 7.11 Å².